The maximum atomic E-state index is 12.9. The monoisotopic (exact) mass is 388 g/mol. The lowest BCUT2D eigenvalue weighted by molar-refractivity contribution is -0.125. The molecule has 0 radical (unpaired) electrons. The minimum Gasteiger partial charge on any atom is -0.368 e. The van der Waals surface area contributed by atoms with Gasteiger partial charge in [0, 0.05) is 31.3 Å². The van der Waals surface area contributed by atoms with Crippen LogP contribution in [0.25, 0.3) is 0 Å². The van der Waals surface area contributed by atoms with E-state index < -0.39 is 5.54 Å². The highest BCUT2D eigenvalue weighted by Crippen LogP contribution is 2.30. The third kappa shape index (κ3) is 5.06. The van der Waals surface area contributed by atoms with Gasteiger partial charge in [-0.25, -0.2) is 0 Å². The first-order valence-electron chi connectivity index (χ1n) is 9.92. The van der Waals surface area contributed by atoms with Gasteiger partial charge < -0.3 is 5.73 Å². The van der Waals surface area contributed by atoms with Crippen molar-refractivity contribution < 1.29 is 4.79 Å². The zero-order valence-corrected chi connectivity index (χ0v) is 17.1. The Balaban J connectivity index is 1.90. The molecule has 29 heavy (non-hydrogen) atoms. The smallest absolute Gasteiger partial charge is 0.242 e. The summed E-state index contributed by atoms with van der Waals surface area (Å²) in [6.45, 7) is 4.70. The molecule has 0 spiro atoms. The van der Waals surface area contributed by atoms with Crippen LogP contribution in [0.2, 0.25) is 0 Å². The Bertz CT molecular complexity index is 944. The van der Waals surface area contributed by atoms with Crippen LogP contribution in [0.4, 0.5) is 0 Å². The van der Waals surface area contributed by atoms with Gasteiger partial charge in [-0.05, 0) is 79.6 Å². The maximum Gasteiger partial charge on any atom is 0.242 e. The summed E-state index contributed by atoms with van der Waals surface area (Å²) in [5.41, 5.74) is 10.5. The van der Waals surface area contributed by atoms with Crippen molar-refractivity contribution in [3.05, 3.63) is 95.1 Å². The number of hydrogen-bond acceptors (Lipinski definition) is 4. The molecule has 2 aromatic heterocycles. The minimum absolute atomic E-state index is 0.352. The van der Waals surface area contributed by atoms with Crippen molar-refractivity contribution in [1.29, 1.82) is 0 Å². The average molecular weight is 389 g/mol. The number of nitrogens with two attached hydrogens (primary N) is 1. The van der Waals surface area contributed by atoms with Gasteiger partial charge in [-0.1, -0.05) is 23.8 Å². The molecule has 1 amide bonds. The summed E-state index contributed by atoms with van der Waals surface area (Å²) >= 11 is 0. The Morgan fingerprint density at radius 2 is 1.52 bits per heavy atom. The number of carbonyl (C=O) groups excluding carboxylic acids is 1. The second-order valence-corrected chi connectivity index (χ2v) is 7.48. The van der Waals surface area contributed by atoms with Gasteiger partial charge in [0.05, 0.1) is 0 Å². The topological polar surface area (TPSA) is 80.9 Å². The lowest BCUT2D eigenvalue weighted by atomic mass is 9.80. The Kier molecular flexibility index (Phi) is 6.73. The first-order valence-corrected chi connectivity index (χ1v) is 9.92. The largest absolute Gasteiger partial charge is 0.368 e. The normalized spacial score (nSPS) is 13.0. The van der Waals surface area contributed by atoms with Crippen molar-refractivity contribution in [1.82, 2.24) is 15.3 Å². The quantitative estimate of drug-likeness (QED) is 0.590. The Morgan fingerprint density at radius 3 is 2.10 bits per heavy atom. The third-order valence-corrected chi connectivity index (χ3v) is 5.40. The van der Waals surface area contributed by atoms with E-state index in [4.69, 9.17) is 5.73 Å². The van der Waals surface area contributed by atoms with E-state index in [9.17, 15) is 4.79 Å². The second kappa shape index (κ2) is 9.43. The zero-order valence-electron chi connectivity index (χ0n) is 17.1. The van der Waals surface area contributed by atoms with Crippen molar-refractivity contribution in [3.63, 3.8) is 0 Å². The number of benzene rings is 1. The van der Waals surface area contributed by atoms with Crippen LogP contribution in [-0.2, 0) is 23.2 Å². The summed E-state index contributed by atoms with van der Waals surface area (Å²) in [5.74, 6) is -0.352. The number of primary amides is 1. The summed E-state index contributed by atoms with van der Waals surface area (Å²) in [4.78, 5) is 21.0. The van der Waals surface area contributed by atoms with Gasteiger partial charge in [0.25, 0.3) is 0 Å². The van der Waals surface area contributed by atoms with Crippen LogP contribution in [0.1, 0.15) is 34.2 Å². The van der Waals surface area contributed by atoms with Gasteiger partial charge in [-0.3, -0.25) is 20.1 Å². The van der Waals surface area contributed by atoms with Crippen molar-refractivity contribution >= 4 is 5.91 Å². The van der Waals surface area contributed by atoms with E-state index in [1.165, 1.54) is 5.56 Å². The molecule has 0 saturated carbocycles. The Hall–Kier alpha value is -3.05. The van der Waals surface area contributed by atoms with Crippen molar-refractivity contribution in [2.45, 2.75) is 38.6 Å². The molecule has 5 heteroatoms. The van der Waals surface area contributed by atoms with Crippen LogP contribution >= 0.6 is 0 Å². The number of rotatable bonds is 9. The van der Waals surface area contributed by atoms with E-state index in [0.717, 1.165) is 35.1 Å². The van der Waals surface area contributed by atoms with Crippen molar-refractivity contribution in [2.24, 2.45) is 5.73 Å². The molecule has 3 rings (SSSR count). The molecule has 0 fully saturated rings. The molecular weight excluding hydrogens is 360 g/mol. The highest BCUT2D eigenvalue weighted by Gasteiger charge is 2.38. The first-order chi connectivity index (χ1) is 14.0. The zero-order chi connectivity index (χ0) is 20.7. The fourth-order valence-corrected chi connectivity index (χ4v) is 3.71. The molecule has 1 aromatic carbocycles. The Labute approximate surface area is 172 Å². The predicted octanol–water partition coefficient (Wildman–Crippen LogP) is 3.24. The van der Waals surface area contributed by atoms with E-state index in [1.54, 1.807) is 24.8 Å². The number of aromatic nitrogens is 2. The van der Waals surface area contributed by atoms with Crippen LogP contribution in [0.3, 0.4) is 0 Å². The summed E-state index contributed by atoms with van der Waals surface area (Å²) in [7, 11) is 0. The SMILES string of the molecule is Cc1ccc(C)c(C(CCc2ccncc2)(NCCc2ccncc2)C(N)=O)c1. The molecular formula is C24H28N4O. The number of amides is 1. The summed E-state index contributed by atoms with van der Waals surface area (Å²) in [6, 6.07) is 14.1. The standard InChI is InChI=1S/C24H28N4O/c1-18-3-4-19(2)22(17-18)24(23(25)29,11-5-20-6-12-26-13-7-20)28-16-10-21-8-14-27-15-9-21/h3-4,6-9,12-15,17,28H,5,10-11,16H2,1-2H3,(H2,25,29). The van der Waals surface area contributed by atoms with Gasteiger partial charge in [0.15, 0.2) is 0 Å². The molecule has 1 unspecified atom stereocenters. The molecule has 1 atom stereocenters. The predicted molar refractivity (Wildman–Crippen MR) is 115 cm³/mol. The highest BCUT2D eigenvalue weighted by atomic mass is 16.1. The van der Waals surface area contributed by atoms with E-state index in [1.807, 2.05) is 38.1 Å². The van der Waals surface area contributed by atoms with E-state index in [0.29, 0.717) is 13.0 Å². The molecule has 0 aliphatic heterocycles. The molecule has 3 aromatic rings. The van der Waals surface area contributed by atoms with Gasteiger partial charge in [0.1, 0.15) is 5.54 Å². The maximum absolute atomic E-state index is 12.9. The third-order valence-electron chi connectivity index (χ3n) is 5.40. The number of pyridine rings is 2. The highest BCUT2D eigenvalue weighted by molar-refractivity contribution is 5.86. The van der Waals surface area contributed by atoms with Crippen LogP contribution in [-0.4, -0.2) is 22.4 Å². The van der Waals surface area contributed by atoms with Crippen LogP contribution in [0.5, 0.6) is 0 Å². The molecule has 3 N–H and O–H groups in total. The van der Waals surface area contributed by atoms with Gasteiger partial charge in [0.2, 0.25) is 5.91 Å². The number of nitrogens with zero attached hydrogens (tertiary/aromatic N) is 2. The molecule has 0 bridgehead atoms. The van der Waals surface area contributed by atoms with Crippen molar-refractivity contribution in [3.8, 4) is 0 Å². The second-order valence-electron chi connectivity index (χ2n) is 7.48. The number of carbonyl (C=O) groups is 1. The van der Waals surface area contributed by atoms with Gasteiger partial charge in [-0.15, -0.1) is 0 Å². The van der Waals surface area contributed by atoms with Crippen LogP contribution in [0.15, 0.2) is 67.3 Å². The lowest BCUT2D eigenvalue weighted by Gasteiger charge is -2.34. The molecule has 150 valence electrons. The molecule has 5 nitrogen and oxygen atoms in total. The van der Waals surface area contributed by atoms with Crippen LogP contribution < -0.4 is 11.1 Å². The van der Waals surface area contributed by atoms with E-state index in [2.05, 4.69) is 33.5 Å². The average Bonchev–Trinajstić information content (AvgIpc) is 2.74. The molecule has 0 aliphatic carbocycles. The summed E-state index contributed by atoms with van der Waals surface area (Å²) < 4.78 is 0. The lowest BCUT2D eigenvalue weighted by Crippen LogP contribution is -2.54. The fourth-order valence-electron chi connectivity index (χ4n) is 3.71. The minimum atomic E-state index is -0.938. The van der Waals surface area contributed by atoms with E-state index in [-0.39, 0.29) is 5.91 Å². The van der Waals surface area contributed by atoms with Gasteiger partial charge >= 0.3 is 0 Å². The number of hydrogen-bond donors (Lipinski definition) is 2. The first kappa shape index (κ1) is 20.7. The van der Waals surface area contributed by atoms with Crippen LogP contribution in [0, 0.1) is 13.8 Å². The van der Waals surface area contributed by atoms with Crippen molar-refractivity contribution in [2.75, 3.05) is 6.54 Å². The number of nitrogens with one attached hydrogen (secondary N) is 1. The van der Waals surface area contributed by atoms with Gasteiger partial charge in [-0.2, -0.15) is 0 Å². The summed E-state index contributed by atoms with van der Waals surface area (Å²) in [5, 5.41) is 3.53. The molecule has 0 aliphatic rings. The molecule has 0 saturated heterocycles. The Morgan fingerprint density at radius 1 is 0.931 bits per heavy atom. The summed E-state index contributed by atoms with van der Waals surface area (Å²) in [6.07, 6.45) is 9.20. The number of aryl methyl sites for hydroxylation is 3. The molecule has 2 heterocycles. The van der Waals surface area contributed by atoms with E-state index >= 15 is 0 Å². The fraction of sp³-hybridized carbons (Fsp3) is 0.292.